The molecule has 33 heavy (non-hydrogen) atoms. The number of carbonyl (C=O) groups is 1. The third-order valence-corrected chi connectivity index (χ3v) is 5.73. The van der Waals surface area contributed by atoms with E-state index < -0.39 is 11.2 Å². The number of amides is 1. The maximum Gasteiger partial charge on any atom is 0.329 e. The number of nitrogens with zero attached hydrogens (tertiary/aromatic N) is 4. The normalized spacial score (nSPS) is 13.0. The summed E-state index contributed by atoms with van der Waals surface area (Å²) in [5.74, 6) is -0.0995. The van der Waals surface area contributed by atoms with Gasteiger partial charge in [0.2, 0.25) is 0 Å². The first-order valence-electron chi connectivity index (χ1n) is 11.0. The quantitative estimate of drug-likeness (QED) is 0.538. The van der Waals surface area contributed by atoms with E-state index in [2.05, 4.69) is 22.6 Å². The third-order valence-electron chi connectivity index (χ3n) is 5.73. The number of H-pyrrole nitrogens is 1. The molecule has 1 amide bonds. The summed E-state index contributed by atoms with van der Waals surface area (Å²) in [4.78, 5) is 47.7. The predicted molar refractivity (Wildman–Crippen MR) is 125 cm³/mol. The highest BCUT2D eigenvalue weighted by molar-refractivity contribution is 6.05. The van der Waals surface area contributed by atoms with E-state index in [1.165, 1.54) is 4.57 Å². The van der Waals surface area contributed by atoms with Crippen LogP contribution in [0.15, 0.2) is 52.6 Å². The molecule has 1 N–H and O–H groups in total. The molecular formula is C25H25N5O3. The summed E-state index contributed by atoms with van der Waals surface area (Å²) < 4.78 is 1.44. The van der Waals surface area contributed by atoms with Crippen LogP contribution in [0.3, 0.4) is 0 Å². The number of benzene rings is 1. The van der Waals surface area contributed by atoms with Crippen molar-refractivity contribution < 1.29 is 4.79 Å². The molecule has 0 unspecified atom stereocenters. The summed E-state index contributed by atoms with van der Waals surface area (Å²) in [5.41, 5.74) is 1.49. The number of aromatic nitrogens is 3. The molecule has 0 atom stereocenters. The van der Waals surface area contributed by atoms with Crippen molar-refractivity contribution in [3.05, 3.63) is 86.2 Å². The molecular weight excluding hydrogens is 418 g/mol. The largest absolute Gasteiger partial charge is 0.331 e. The molecule has 0 saturated heterocycles. The molecule has 1 fully saturated rings. The molecule has 0 spiro atoms. The topological polar surface area (TPSA) is 112 Å². The minimum atomic E-state index is -0.613. The fourth-order valence-electron chi connectivity index (χ4n) is 3.93. The van der Waals surface area contributed by atoms with Gasteiger partial charge in [0.15, 0.2) is 5.65 Å². The van der Waals surface area contributed by atoms with E-state index in [9.17, 15) is 14.4 Å². The summed E-state index contributed by atoms with van der Waals surface area (Å²) in [6.07, 6.45) is 4.24. The van der Waals surface area contributed by atoms with Gasteiger partial charge in [-0.25, -0.2) is 9.78 Å². The van der Waals surface area contributed by atoms with Crippen LogP contribution < -0.4 is 11.2 Å². The molecule has 1 aliphatic rings. The van der Waals surface area contributed by atoms with Gasteiger partial charge in [-0.15, -0.1) is 6.58 Å². The zero-order chi connectivity index (χ0) is 23.5. The maximum absolute atomic E-state index is 13.7. The molecule has 3 aromatic rings. The minimum absolute atomic E-state index is 0.131. The number of rotatable bonds is 8. The minimum Gasteiger partial charge on any atom is -0.331 e. The van der Waals surface area contributed by atoms with Crippen LogP contribution in [0.4, 0.5) is 0 Å². The summed E-state index contributed by atoms with van der Waals surface area (Å²) in [6.45, 7) is 6.65. The first kappa shape index (κ1) is 22.2. The smallest absolute Gasteiger partial charge is 0.329 e. The average molecular weight is 444 g/mol. The molecule has 8 nitrogen and oxygen atoms in total. The van der Waals surface area contributed by atoms with Crippen LogP contribution in [-0.4, -0.2) is 31.9 Å². The van der Waals surface area contributed by atoms with E-state index in [4.69, 9.17) is 5.26 Å². The molecule has 4 rings (SSSR count). The lowest BCUT2D eigenvalue weighted by molar-refractivity contribution is 0.0764. The van der Waals surface area contributed by atoms with Crippen LogP contribution >= 0.6 is 0 Å². The zero-order valence-electron chi connectivity index (χ0n) is 18.5. The monoisotopic (exact) mass is 443 g/mol. The second-order valence-electron chi connectivity index (χ2n) is 8.26. The first-order valence-corrected chi connectivity index (χ1v) is 11.0. The number of hydrogen-bond acceptors (Lipinski definition) is 5. The number of nitrogens with one attached hydrogen (secondary N) is 1. The van der Waals surface area contributed by atoms with Crippen LogP contribution in [0, 0.1) is 11.3 Å². The number of fused-ring (bicyclic) bond motifs is 1. The Balaban J connectivity index is 1.85. The average Bonchev–Trinajstić information content (AvgIpc) is 3.66. The van der Waals surface area contributed by atoms with Gasteiger partial charge in [0, 0.05) is 31.2 Å². The van der Waals surface area contributed by atoms with Crippen LogP contribution in [-0.2, 0) is 13.1 Å². The van der Waals surface area contributed by atoms with Gasteiger partial charge < -0.3 is 4.90 Å². The van der Waals surface area contributed by atoms with Gasteiger partial charge in [0.25, 0.3) is 11.5 Å². The van der Waals surface area contributed by atoms with E-state index in [0.29, 0.717) is 18.5 Å². The van der Waals surface area contributed by atoms with Gasteiger partial charge in [-0.1, -0.05) is 25.1 Å². The van der Waals surface area contributed by atoms with E-state index in [1.807, 2.05) is 6.92 Å². The molecule has 168 valence electrons. The number of carbonyl (C=O) groups excluding carboxylic acids is 1. The lowest BCUT2D eigenvalue weighted by Gasteiger charge is -2.23. The lowest BCUT2D eigenvalue weighted by atomic mass is 10.1. The van der Waals surface area contributed by atoms with Crippen molar-refractivity contribution >= 4 is 16.9 Å². The van der Waals surface area contributed by atoms with Gasteiger partial charge in [0.05, 0.1) is 22.6 Å². The van der Waals surface area contributed by atoms with Crippen LogP contribution in [0.5, 0.6) is 0 Å². The molecule has 2 aromatic heterocycles. The molecule has 2 heterocycles. The van der Waals surface area contributed by atoms with Crippen LogP contribution in [0.25, 0.3) is 11.0 Å². The molecule has 8 heteroatoms. The van der Waals surface area contributed by atoms with Gasteiger partial charge in [0.1, 0.15) is 0 Å². The number of pyridine rings is 1. The summed E-state index contributed by atoms with van der Waals surface area (Å²) in [5, 5.41) is 9.15. The SMILES string of the molecule is C=CCN(Cc1ccc(C#N)cc1)C(=O)c1cc(C2CC2)nc2c1c(=O)[nH]c(=O)n2CCC. The number of nitriles is 1. The summed E-state index contributed by atoms with van der Waals surface area (Å²) in [7, 11) is 0. The van der Waals surface area contributed by atoms with Crippen molar-refractivity contribution in [3.63, 3.8) is 0 Å². The Bertz CT molecular complexity index is 1370. The van der Waals surface area contributed by atoms with Crippen LogP contribution in [0.1, 0.15) is 59.3 Å². The lowest BCUT2D eigenvalue weighted by Crippen LogP contribution is -2.35. The second kappa shape index (κ2) is 9.25. The second-order valence-corrected chi connectivity index (χ2v) is 8.26. The van der Waals surface area contributed by atoms with Crippen molar-refractivity contribution in [2.45, 2.75) is 45.2 Å². The Hall–Kier alpha value is -3.99. The Kier molecular flexibility index (Phi) is 6.22. The summed E-state index contributed by atoms with van der Waals surface area (Å²) >= 11 is 0. The zero-order valence-corrected chi connectivity index (χ0v) is 18.5. The Labute approximate surface area is 190 Å². The van der Waals surface area contributed by atoms with E-state index in [1.54, 1.807) is 41.3 Å². The Morgan fingerprint density at radius 2 is 2.06 bits per heavy atom. The van der Waals surface area contributed by atoms with Gasteiger partial charge in [-0.2, -0.15) is 5.26 Å². The van der Waals surface area contributed by atoms with Crippen LogP contribution in [0.2, 0.25) is 0 Å². The predicted octanol–water partition coefficient (Wildman–Crippen LogP) is 3.07. The van der Waals surface area contributed by atoms with Gasteiger partial charge in [-0.05, 0) is 43.0 Å². The molecule has 0 radical (unpaired) electrons. The fraction of sp³-hybridized carbons (Fsp3) is 0.320. The number of aromatic amines is 1. The standard InChI is InChI=1S/C25H25N5O3/c1-3-11-29(15-17-7-5-16(14-26)6-8-17)24(32)19-13-20(18-9-10-18)27-22-21(19)23(31)28-25(33)30(22)12-4-2/h3,5-8,13,18H,1,4,9-12,15H2,2H3,(H,28,31,33). The Morgan fingerprint density at radius 1 is 1.33 bits per heavy atom. The molecule has 1 aromatic carbocycles. The first-order chi connectivity index (χ1) is 16.0. The molecule has 0 bridgehead atoms. The highest BCUT2D eigenvalue weighted by Gasteiger charge is 2.29. The van der Waals surface area contributed by atoms with E-state index in [-0.39, 0.29) is 41.5 Å². The highest BCUT2D eigenvalue weighted by atomic mass is 16.2. The maximum atomic E-state index is 13.7. The number of aryl methyl sites for hydroxylation is 1. The van der Waals surface area contributed by atoms with Crippen molar-refractivity contribution in [3.8, 4) is 6.07 Å². The van der Waals surface area contributed by atoms with Gasteiger partial charge >= 0.3 is 5.69 Å². The third kappa shape index (κ3) is 4.48. The van der Waals surface area contributed by atoms with Crippen molar-refractivity contribution in [2.75, 3.05) is 6.54 Å². The van der Waals surface area contributed by atoms with Crippen molar-refractivity contribution in [1.82, 2.24) is 19.4 Å². The Morgan fingerprint density at radius 3 is 2.67 bits per heavy atom. The molecule has 1 saturated carbocycles. The van der Waals surface area contributed by atoms with Gasteiger partial charge in [-0.3, -0.25) is 19.1 Å². The van der Waals surface area contributed by atoms with Crippen molar-refractivity contribution in [1.29, 1.82) is 5.26 Å². The molecule has 1 aliphatic carbocycles. The van der Waals surface area contributed by atoms with Crippen molar-refractivity contribution in [2.24, 2.45) is 0 Å². The van der Waals surface area contributed by atoms with E-state index >= 15 is 0 Å². The highest BCUT2D eigenvalue weighted by Crippen LogP contribution is 2.40. The van der Waals surface area contributed by atoms with E-state index in [0.717, 1.165) is 24.1 Å². The molecule has 0 aliphatic heterocycles. The fourth-order valence-corrected chi connectivity index (χ4v) is 3.93. The number of hydrogen-bond donors (Lipinski definition) is 1. The summed E-state index contributed by atoms with van der Waals surface area (Å²) in [6, 6.07) is 10.8.